The highest BCUT2D eigenvalue weighted by Gasteiger charge is 2.33. The van der Waals surface area contributed by atoms with Gasteiger partial charge in [0.1, 0.15) is 5.69 Å². The maximum atomic E-state index is 12.8. The molecule has 0 bridgehead atoms. The molecule has 0 aromatic carbocycles. The predicted molar refractivity (Wildman–Crippen MR) is 95.6 cm³/mol. The molecule has 3 rings (SSSR count). The van der Waals surface area contributed by atoms with Gasteiger partial charge in [-0.05, 0) is 26.5 Å². The molecule has 1 unspecified atom stereocenters. The first kappa shape index (κ1) is 18.1. The standard InChI is InChI=1S/C16H25N5O3S/c1-12-10-14(15(22)20(3)13-4-9-25(23,24)11-13)18-16(17-12)21-7-5-19(2)6-8-21/h10,13H,4-9,11H2,1-3H3. The number of hydrogen-bond donors (Lipinski definition) is 0. The number of aromatic nitrogens is 2. The van der Waals surface area contributed by atoms with E-state index in [1.807, 2.05) is 6.92 Å². The quantitative estimate of drug-likeness (QED) is 0.731. The number of anilines is 1. The Bertz CT molecular complexity index is 759. The van der Waals surface area contributed by atoms with Crippen molar-refractivity contribution in [3.05, 3.63) is 17.5 Å². The third-order valence-corrected chi connectivity index (χ3v) is 6.67. The molecule has 8 nitrogen and oxygen atoms in total. The van der Waals surface area contributed by atoms with Crippen LogP contribution in [-0.2, 0) is 9.84 Å². The molecule has 0 spiro atoms. The Morgan fingerprint density at radius 3 is 2.52 bits per heavy atom. The normalized spacial score (nSPS) is 23.6. The molecule has 2 saturated heterocycles. The minimum absolute atomic E-state index is 0.0324. The third kappa shape index (κ3) is 4.09. The molecule has 1 aromatic heterocycles. The minimum atomic E-state index is -3.03. The van der Waals surface area contributed by atoms with Crippen LogP contribution in [-0.4, -0.2) is 91.9 Å². The lowest BCUT2D eigenvalue weighted by atomic mass is 10.2. The van der Waals surface area contributed by atoms with Gasteiger partial charge < -0.3 is 14.7 Å². The van der Waals surface area contributed by atoms with Gasteiger partial charge in [0.2, 0.25) is 5.95 Å². The second-order valence-electron chi connectivity index (χ2n) is 6.96. The summed E-state index contributed by atoms with van der Waals surface area (Å²) in [5, 5.41) is 0. The minimum Gasteiger partial charge on any atom is -0.338 e. The number of piperazine rings is 1. The van der Waals surface area contributed by atoms with Crippen LogP contribution in [0.2, 0.25) is 0 Å². The van der Waals surface area contributed by atoms with Crippen molar-refractivity contribution in [1.29, 1.82) is 0 Å². The fourth-order valence-electron chi connectivity index (χ4n) is 3.24. The Morgan fingerprint density at radius 1 is 1.24 bits per heavy atom. The molecule has 0 saturated carbocycles. The van der Waals surface area contributed by atoms with Crippen molar-refractivity contribution in [3.63, 3.8) is 0 Å². The highest BCUT2D eigenvalue weighted by molar-refractivity contribution is 7.91. The number of amides is 1. The Labute approximate surface area is 148 Å². The van der Waals surface area contributed by atoms with Crippen molar-refractivity contribution in [2.24, 2.45) is 0 Å². The fraction of sp³-hybridized carbons (Fsp3) is 0.688. The molecule has 0 N–H and O–H groups in total. The summed E-state index contributed by atoms with van der Waals surface area (Å²) in [6.07, 6.45) is 0.486. The molecule has 1 aromatic rings. The van der Waals surface area contributed by atoms with Gasteiger partial charge in [0.25, 0.3) is 5.91 Å². The maximum Gasteiger partial charge on any atom is 0.272 e. The van der Waals surface area contributed by atoms with Crippen molar-refractivity contribution in [2.75, 3.05) is 56.7 Å². The third-order valence-electron chi connectivity index (χ3n) is 4.92. The van der Waals surface area contributed by atoms with Gasteiger partial charge in [0.05, 0.1) is 11.5 Å². The van der Waals surface area contributed by atoms with E-state index in [0.29, 0.717) is 18.1 Å². The van der Waals surface area contributed by atoms with Crippen molar-refractivity contribution >= 4 is 21.7 Å². The van der Waals surface area contributed by atoms with Crippen molar-refractivity contribution in [3.8, 4) is 0 Å². The van der Waals surface area contributed by atoms with E-state index >= 15 is 0 Å². The lowest BCUT2D eigenvalue weighted by Crippen LogP contribution is -2.45. The molecule has 138 valence electrons. The van der Waals surface area contributed by atoms with E-state index in [1.54, 1.807) is 13.1 Å². The monoisotopic (exact) mass is 367 g/mol. The molecule has 0 aliphatic carbocycles. The average molecular weight is 367 g/mol. The number of carbonyl (C=O) groups is 1. The van der Waals surface area contributed by atoms with Crippen molar-refractivity contribution in [1.82, 2.24) is 19.8 Å². The van der Waals surface area contributed by atoms with E-state index in [1.165, 1.54) is 4.90 Å². The zero-order chi connectivity index (χ0) is 18.2. The van der Waals surface area contributed by atoms with Gasteiger partial charge in [-0.3, -0.25) is 4.79 Å². The van der Waals surface area contributed by atoms with Crippen LogP contribution < -0.4 is 4.90 Å². The van der Waals surface area contributed by atoms with E-state index in [9.17, 15) is 13.2 Å². The fourth-order valence-corrected chi connectivity index (χ4v) is 5.01. The van der Waals surface area contributed by atoms with Crippen molar-refractivity contribution < 1.29 is 13.2 Å². The van der Waals surface area contributed by atoms with E-state index in [-0.39, 0.29) is 23.5 Å². The van der Waals surface area contributed by atoms with Gasteiger partial charge in [-0.15, -0.1) is 0 Å². The number of hydrogen-bond acceptors (Lipinski definition) is 7. The summed E-state index contributed by atoms with van der Waals surface area (Å²) in [5.41, 5.74) is 1.06. The SMILES string of the molecule is Cc1cc(C(=O)N(C)C2CCS(=O)(=O)C2)nc(N2CCN(C)CC2)n1. The summed E-state index contributed by atoms with van der Waals surface area (Å²) in [4.78, 5) is 27.6. The summed E-state index contributed by atoms with van der Waals surface area (Å²) in [6.45, 7) is 5.35. The van der Waals surface area contributed by atoms with Crippen LogP contribution in [0.3, 0.4) is 0 Å². The first-order chi connectivity index (χ1) is 11.7. The summed E-state index contributed by atoms with van der Waals surface area (Å²) in [6, 6.07) is 1.39. The maximum absolute atomic E-state index is 12.8. The number of carbonyl (C=O) groups excluding carboxylic acids is 1. The van der Waals surface area contributed by atoms with Gasteiger partial charge in [0.15, 0.2) is 9.84 Å². The zero-order valence-corrected chi connectivity index (χ0v) is 15.8. The summed E-state index contributed by atoms with van der Waals surface area (Å²) < 4.78 is 23.3. The van der Waals surface area contributed by atoms with Crippen LogP contribution >= 0.6 is 0 Å². The second-order valence-corrected chi connectivity index (χ2v) is 9.19. The molecule has 2 fully saturated rings. The van der Waals surface area contributed by atoms with Crippen LogP contribution in [0.4, 0.5) is 5.95 Å². The Kier molecular flexibility index (Phi) is 4.97. The lowest BCUT2D eigenvalue weighted by molar-refractivity contribution is 0.0741. The predicted octanol–water partition coefficient (Wildman–Crippen LogP) is -0.204. The molecule has 25 heavy (non-hydrogen) atoms. The van der Waals surface area contributed by atoms with Crippen molar-refractivity contribution in [2.45, 2.75) is 19.4 Å². The molecule has 1 amide bonds. The number of aryl methyl sites for hydroxylation is 1. The van der Waals surface area contributed by atoms with E-state index < -0.39 is 9.84 Å². The molecule has 0 radical (unpaired) electrons. The zero-order valence-electron chi connectivity index (χ0n) is 15.0. The molecule has 9 heteroatoms. The summed E-state index contributed by atoms with van der Waals surface area (Å²) >= 11 is 0. The molecular weight excluding hydrogens is 342 g/mol. The Hall–Kier alpha value is -1.74. The number of sulfone groups is 1. The number of rotatable bonds is 3. The van der Waals surface area contributed by atoms with E-state index in [0.717, 1.165) is 31.9 Å². The Balaban J connectivity index is 1.78. The Morgan fingerprint density at radius 2 is 1.92 bits per heavy atom. The summed E-state index contributed by atoms with van der Waals surface area (Å²) in [7, 11) is 0.697. The molecule has 1 atom stereocenters. The van der Waals surface area contributed by atoms with Gasteiger partial charge >= 0.3 is 0 Å². The van der Waals surface area contributed by atoms with Gasteiger partial charge in [0, 0.05) is 45.0 Å². The highest BCUT2D eigenvalue weighted by atomic mass is 32.2. The largest absolute Gasteiger partial charge is 0.338 e. The lowest BCUT2D eigenvalue weighted by Gasteiger charge is -2.32. The topological polar surface area (TPSA) is 86.7 Å². The van der Waals surface area contributed by atoms with Gasteiger partial charge in [-0.25, -0.2) is 18.4 Å². The van der Waals surface area contributed by atoms with Gasteiger partial charge in [-0.1, -0.05) is 0 Å². The van der Waals surface area contributed by atoms with Crippen LogP contribution in [0.25, 0.3) is 0 Å². The van der Waals surface area contributed by atoms with Crippen LogP contribution in [0.15, 0.2) is 6.07 Å². The number of nitrogens with zero attached hydrogens (tertiary/aromatic N) is 5. The molecule has 2 aliphatic heterocycles. The molecular formula is C16H25N5O3S. The molecule has 3 heterocycles. The van der Waals surface area contributed by atoms with Crippen LogP contribution in [0.5, 0.6) is 0 Å². The highest BCUT2D eigenvalue weighted by Crippen LogP contribution is 2.19. The molecule has 2 aliphatic rings. The smallest absolute Gasteiger partial charge is 0.272 e. The van der Waals surface area contributed by atoms with Gasteiger partial charge in [-0.2, -0.15) is 0 Å². The first-order valence-corrected chi connectivity index (χ1v) is 10.3. The van der Waals surface area contributed by atoms with E-state index in [2.05, 4.69) is 26.8 Å². The van der Waals surface area contributed by atoms with Crippen LogP contribution in [0, 0.1) is 6.92 Å². The first-order valence-electron chi connectivity index (χ1n) is 8.52. The van der Waals surface area contributed by atoms with E-state index in [4.69, 9.17) is 0 Å². The van der Waals surface area contributed by atoms with Crippen LogP contribution in [0.1, 0.15) is 22.6 Å². The number of likely N-dealkylation sites (N-methyl/N-ethyl adjacent to an activating group) is 1. The second kappa shape index (κ2) is 6.87. The summed E-state index contributed by atoms with van der Waals surface area (Å²) in [5.74, 6) is 0.502. The average Bonchev–Trinajstić information content (AvgIpc) is 2.93.